The second-order valence-corrected chi connectivity index (χ2v) is 3.19. The zero-order valence-electron chi connectivity index (χ0n) is 5.48. The second kappa shape index (κ2) is 3.91. The van der Waals surface area contributed by atoms with Gasteiger partial charge < -0.3 is 0 Å². The fourth-order valence-corrected chi connectivity index (χ4v) is 1.46. The second-order valence-electron chi connectivity index (χ2n) is 2.03. The first-order valence-corrected chi connectivity index (χ1v) is 4.22. The summed E-state index contributed by atoms with van der Waals surface area (Å²) in [4.78, 5) is 0. The van der Waals surface area contributed by atoms with Crippen LogP contribution in [0.5, 0.6) is 0 Å². The zero-order chi connectivity index (χ0) is 7.40. The van der Waals surface area contributed by atoms with E-state index in [1.807, 2.05) is 24.3 Å². The molecule has 0 saturated carbocycles. The molecule has 0 unspecified atom stereocenters. The van der Waals surface area contributed by atoms with Crippen LogP contribution < -0.4 is 0 Å². The molecule has 54 valence electrons. The molecule has 0 nitrogen and oxygen atoms in total. The molecule has 0 amide bonds. The van der Waals surface area contributed by atoms with Crippen LogP contribution in [0.1, 0.15) is 5.56 Å². The number of hydrogen-bond donors (Lipinski definition) is 0. The minimum atomic E-state index is -0.264. The van der Waals surface area contributed by atoms with Crippen molar-refractivity contribution >= 4 is 22.6 Å². The molecule has 1 rings (SSSR count). The third-order valence-electron chi connectivity index (χ3n) is 1.32. The van der Waals surface area contributed by atoms with E-state index in [1.165, 1.54) is 0 Å². The molecule has 0 atom stereocenters. The van der Waals surface area contributed by atoms with E-state index in [0.717, 1.165) is 9.13 Å². The molecule has 10 heavy (non-hydrogen) atoms. The van der Waals surface area contributed by atoms with Crippen LogP contribution in [0.2, 0.25) is 0 Å². The highest BCUT2D eigenvalue weighted by molar-refractivity contribution is 14.1. The van der Waals surface area contributed by atoms with Crippen molar-refractivity contribution in [3.8, 4) is 0 Å². The van der Waals surface area contributed by atoms with Gasteiger partial charge in [0.05, 0.1) is 6.67 Å². The average Bonchev–Trinajstić information content (AvgIpc) is 1.94. The Morgan fingerprint density at radius 1 is 1.30 bits per heavy atom. The van der Waals surface area contributed by atoms with Crippen molar-refractivity contribution in [2.75, 3.05) is 6.67 Å². The zero-order valence-corrected chi connectivity index (χ0v) is 7.64. The summed E-state index contributed by atoms with van der Waals surface area (Å²) in [5.74, 6) is 0. The summed E-state index contributed by atoms with van der Waals surface area (Å²) in [6.45, 7) is -0.264. The van der Waals surface area contributed by atoms with Gasteiger partial charge in [0.1, 0.15) is 0 Å². The molecule has 0 bridgehead atoms. The third-order valence-corrected chi connectivity index (χ3v) is 2.37. The monoisotopic (exact) mass is 250 g/mol. The molecule has 0 spiro atoms. The largest absolute Gasteiger partial charge is 0.251 e. The van der Waals surface area contributed by atoms with E-state index >= 15 is 0 Å². The minimum Gasteiger partial charge on any atom is -0.251 e. The smallest absolute Gasteiger partial charge is 0.0935 e. The van der Waals surface area contributed by atoms with Crippen molar-refractivity contribution in [3.63, 3.8) is 0 Å². The van der Waals surface area contributed by atoms with Crippen LogP contribution in [-0.2, 0) is 6.42 Å². The van der Waals surface area contributed by atoms with Gasteiger partial charge in [0.2, 0.25) is 0 Å². The molecule has 1 aromatic rings. The summed E-state index contributed by atoms with van der Waals surface area (Å²) in [7, 11) is 0. The number of halogens is 2. The van der Waals surface area contributed by atoms with Crippen LogP contribution in [0, 0.1) is 3.57 Å². The number of alkyl halides is 1. The van der Waals surface area contributed by atoms with E-state index < -0.39 is 0 Å². The molecule has 0 aromatic heterocycles. The molecule has 2 heteroatoms. The van der Waals surface area contributed by atoms with E-state index in [4.69, 9.17) is 0 Å². The first-order chi connectivity index (χ1) is 4.84. The lowest BCUT2D eigenvalue weighted by Gasteiger charge is -1.98. The first kappa shape index (κ1) is 7.98. The molecule has 0 radical (unpaired) electrons. The maximum absolute atomic E-state index is 11.9. The van der Waals surface area contributed by atoms with Gasteiger partial charge in [0.15, 0.2) is 0 Å². The maximum atomic E-state index is 11.9. The number of benzene rings is 1. The normalized spacial score (nSPS) is 9.80. The van der Waals surface area contributed by atoms with Crippen molar-refractivity contribution in [3.05, 3.63) is 33.4 Å². The van der Waals surface area contributed by atoms with Crippen LogP contribution >= 0.6 is 22.6 Å². The minimum absolute atomic E-state index is 0.264. The molecule has 0 saturated heterocycles. The van der Waals surface area contributed by atoms with Crippen molar-refractivity contribution < 1.29 is 4.39 Å². The standard InChI is InChI=1S/C8H8FI/c9-6-5-7-3-1-2-4-8(7)10/h1-4H,5-6H2. The maximum Gasteiger partial charge on any atom is 0.0935 e. The van der Waals surface area contributed by atoms with Gasteiger partial charge >= 0.3 is 0 Å². The van der Waals surface area contributed by atoms with Gasteiger partial charge in [-0.1, -0.05) is 18.2 Å². The van der Waals surface area contributed by atoms with E-state index in [-0.39, 0.29) is 6.67 Å². The van der Waals surface area contributed by atoms with Crippen molar-refractivity contribution in [2.45, 2.75) is 6.42 Å². The predicted octanol–water partition coefficient (Wildman–Crippen LogP) is 2.80. The fraction of sp³-hybridized carbons (Fsp3) is 0.250. The van der Waals surface area contributed by atoms with Crippen molar-refractivity contribution in [1.29, 1.82) is 0 Å². The topological polar surface area (TPSA) is 0 Å². The summed E-state index contributed by atoms with van der Waals surface area (Å²) < 4.78 is 13.0. The predicted molar refractivity (Wildman–Crippen MR) is 48.8 cm³/mol. The van der Waals surface area contributed by atoms with Crippen LogP contribution in [0.25, 0.3) is 0 Å². The van der Waals surface area contributed by atoms with E-state index in [2.05, 4.69) is 22.6 Å². The van der Waals surface area contributed by atoms with Crippen LogP contribution in [-0.4, -0.2) is 6.67 Å². The van der Waals surface area contributed by atoms with Gasteiger partial charge in [-0.05, 0) is 34.2 Å². The van der Waals surface area contributed by atoms with E-state index in [1.54, 1.807) is 0 Å². The Bertz CT molecular complexity index is 210. The summed E-state index contributed by atoms with van der Waals surface area (Å²) in [6.07, 6.45) is 0.541. The summed E-state index contributed by atoms with van der Waals surface area (Å²) in [6, 6.07) is 7.85. The van der Waals surface area contributed by atoms with Crippen LogP contribution in [0.15, 0.2) is 24.3 Å². The van der Waals surface area contributed by atoms with Crippen molar-refractivity contribution in [2.24, 2.45) is 0 Å². The van der Waals surface area contributed by atoms with Gasteiger partial charge in [-0.2, -0.15) is 0 Å². The molecular weight excluding hydrogens is 242 g/mol. The summed E-state index contributed by atoms with van der Waals surface area (Å²) in [5.41, 5.74) is 1.10. The van der Waals surface area contributed by atoms with Gasteiger partial charge in [-0.15, -0.1) is 0 Å². The molecule has 0 aliphatic carbocycles. The highest BCUT2D eigenvalue weighted by Crippen LogP contribution is 2.11. The lowest BCUT2D eigenvalue weighted by atomic mass is 10.2. The Morgan fingerprint density at radius 2 is 2.00 bits per heavy atom. The lowest BCUT2D eigenvalue weighted by molar-refractivity contribution is 0.495. The third kappa shape index (κ3) is 1.94. The molecule has 0 heterocycles. The molecule has 1 aromatic carbocycles. The Balaban J connectivity index is 2.81. The van der Waals surface area contributed by atoms with Crippen LogP contribution in [0.4, 0.5) is 4.39 Å². The van der Waals surface area contributed by atoms with Gasteiger partial charge in [0.25, 0.3) is 0 Å². The molecule has 0 aliphatic heterocycles. The molecule has 0 aliphatic rings. The number of aryl methyl sites for hydroxylation is 1. The summed E-state index contributed by atoms with van der Waals surface area (Å²) in [5, 5.41) is 0. The van der Waals surface area contributed by atoms with Crippen molar-refractivity contribution in [1.82, 2.24) is 0 Å². The lowest BCUT2D eigenvalue weighted by Crippen LogP contribution is -1.89. The highest BCUT2D eigenvalue weighted by atomic mass is 127. The molecular formula is C8H8FI. The highest BCUT2D eigenvalue weighted by Gasteiger charge is 1.95. The average molecular weight is 250 g/mol. The molecule has 0 fully saturated rings. The number of hydrogen-bond acceptors (Lipinski definition) is 0. The Kier molecular flexibility index (Phi) is 3.12. The van der Waals surface area contributed by atoms with Gasteiger partial charge in [-0.3, -0.25) is 4.39 Å². The summed E-state index contributed by atoms with van der Waals surface area (Å²) >= 11 is 2.22. The van der Waals surface area contributed by atoms with Gasteiger partial charge in [0, 0.05) is 9.99 Å². The fourth-order valence-electron chi connectivity index (χ4n) is 0.803. The van der Waals surface area contributed by atoms with E-state index in [9.17, 15) is 4.39 Å². The number of rotatable bonds is 2. The Hall–Kier alpha value is -0.120. The first-order valence-electron chi connectivity index (χ1n) is 3.14. The van der Waals surface area contributed by atoms with Gasteiger partial charge in [-0.25, -0.2) is 0 Å². The molecule has 0 N–H and O–H groups in total. The Labute approximate surface area is 73.6 Å². The SMILES string of the molecule is FCCc1ccccc1I. The van der Waals surface area contributed by atoms with Crippen LogP contribution in [0.3, 0.4) is 0 Å². The van der Waals surface area contributed by atoms with E-state index in [0.29, 0.717) is 6.42 Å². The quantitative estimate of drug-likeness (QED) is 0.708. The Morgan fingerprint density at radius 3 is 2.60 bits per heavy atom.